The topological polar surface area (TPSA) is 68.5 Å². The summed E-state index contributed by atoms with van der Waals surface area (Å²) in [4.78, 5) is 23.7. The number of aromatic carboxylic acids is 1. The molecular weight excluding hydrogens is 270 g/mol. The van der Waals surface area contributed by atoms with E-state index in [0.717, 1.165) is 5.56 Å². The third kappa shape index (κ3) is 2.63. The van der Waals surface area contributed by atoms with Crippen molar-refractivity contribution in [1.82, 2.24) is 4.57 Å². The van der Waals surface area contributed by atoms with E-state index in [2.05, 4.69) is 0 Å². The van der Waals surface area contributed by atoms with E-state index in [0.29, 0.717) is 23.2 Å². The number of ether oxygens (including phenoxy) is 1. The molecule has 5 heteroatoms. The Morgan fingerprint density at radius 2 is 2.05 bits per heavy atom. The van der Waals surface area contributed by atoms with Crippen molar-refractivity contribution in [2.45, 2.75) is 40.3 Å². The fraction of sp³-hybridized carbons (Fsp3) is 0.375. The maximum absolute atomic E-state index is 12.4. The van der Waals surface area contributed by atoms with Crippen molar-refractivity contribution in [3.63, 3.8) is 0 Å². The van der Waals surface area contributed by atoms with Gasteiger partial charge >= 0.3 is 5.97 Å². The number of carboxylic acid groups (broad SMARTS) is 1. The molecule has 1 heterocycles. The van der Waals surface area contributed by atoms with Crippen LogP contribution in [-0.4, -0.2) is 21.7 Å². The van der Waals surface area contributed by atoms with Gasteiger partial charge in [0.1, 0.15) is 11.3 Å². The van der Waals surface area contributed by atoms with Gasteiger partial charge in [-0.15, -0.1) is 0 Å². The Balaban J connectivity index is 2.95. The molecular formula is C16H19NO4. The molecule has 0 radical (unpaired) electrons. The van der Waals surface area contributed by atoms with Crippen molar-refractivity contribution in [1.29, 1.82) is 0 Å². The zero-order valence-electron chi connectivity index (χ0n) is 12.6. The van der Waals surface area contributed by atoms with Gasteiger partial charge in [0.05, 0.1) is 17.0 Å². The average Bonchev–Trinajstić information content (AvgIpc) is 2.41. The van der Waals surface area contributed by atoms with Gasteiger partial charge in [-0.3, -0.25) is 4.79 Å². The van der Waals surface area contributed by atoms with Gasteiger partial charge in [-0.1, -0.05) is 6.07 Å². The monoisotopic (exact) mass is 289 g/mol. The number of carbonyl (C=O) groups is 1. The molecule has 1 aromatic carbocycles. The number of aryl methyl sites for hydroxylation is 2. The molecule has 0 saturated heterocycles. The van der Waals surface area contributed by atoms with Crippen LogP contribution in [0.25, 0.3) is 10.9 Å². The minimum absolute atomic E-state index is 0.0320. The lowest BCUT2D eigenvalue weighted by molar-refractivity contribution is 0.0695. The molecule has 112 valence electrons. The first-order valence-corrected chi connectivity index (χ1v) is 6.93. The van der Waals surface area contributed by atoms with Gasteiger partial charge < -0.3 is 14.4 Å². The highest BCUT2D eigenvalue weighted by Gasteiger charge is 2.18. The van der Waals surface area contributed by atoms with E-state index in [1.54, 1.807) is 17.6 Å². The zero-order chi connectivity index (χ0) is 15.7. The Kier molecular flexibility index (Phi) is 4.02. The van der Waals surface area contributed by atoms with Gasteiger partial charge in [0, 0.05) is 12.7 Å². The van der Waals surface area contributed by atoms with E-state index < -0.39 is 11.4 Å². The minimum atomic E-state index is -1.21. The van der Waals surface area contributed by atoms with Gasteiger partial charge in [-0.2, -0.15) is 0 Å². The number of nitrogens with zero attached hydrogens (tertiary/aromatic N) is 1. The van der Waals surface area contributed by atoms with Crippen LogP contribution in [0.15, 0.2) is 23.1 Å². The quantitative estimate of drug-likeness (QED) is 0.939. The van der Waals surface area contributed by atoms with Crippen molar-refractivity contribution in [2.75, 3.05) is 0 Å². The summed E-state index contributed by atoms with van der Waals surface area (Å²) >= 11 is 0. The highest BCUT2D eigenvalue weighted by atomic mass is 16.5. The molecule has 0 fully saturated rings. The molecule has 1 aromatic heterocycles. The Morgan fingerprint density at radius 1 is 1.38 bits per heavy atom. The predicted octanol–water partition coefficient (Wildman–Crippen LogP) is 2.82. The fourth-order valence-electron chi connectivity index (χ4n) is 2.41. The van der Waals surface area contributed by atoms with Gasteiger partial charge in [0.15, 0.2) is 0 Å². The fourth-order valence-corrected chi connectivity index (χ4v) is 2.41. The number of rotatable bonds is 4. The molecule has 0 unspecified atom stereocenters. The second-order valence-electron chi connectivity index (χ2n) is 5.23. The van der Waals surface area contributed by atoms with Gasteiger partial charge in [-0.05, 0) is 39.3 Å². The lowest BCUT2D eigenvalue weighted by Gasteiger charge is -2.17. The van der Waals surface area contributed by atoms with Crippen molar-refractivity contribution in [2.24, 2.45) is 0 Å². The van der Waals surface area contributed by atoms with Gasteiger partial charge in [0.25, 0.3) is 0 Å². The van der Waals surface area contributed by atoms with E-state index in [1.807, 2.05) is 26.8 Å². The molecule has 0 amide bonds. The Hall–Kier alpha value is -2.30. The van der Waals surface area contributed by atoms with Crippen molar-refractivity contribution in [3.8, 4) is 5.75 Å². The molecule has 0 aliphatic rings. The van der Waals surface area contributed by atoms with Crippen LogP contribution in [0, 0.1) is 6.92 Å². The third-order valence-electron chi connectivity index (χ3n) is 3.33. The van der Waals surface area contributed by atoms with E-state index in [9.17, 15) is 14.7 Å². The number of fused-ring (bicyclic) bond motifs is 1. The number of aromatic nitrogens is 1. The van der Waals surface area contributed by atoms with Crippen LogP contribution in [0.1, 0.15) is 36.7 Å². The summed E-state index contributed by atoms with van der Waals surface area (Å²) in [6.07, 6.45) is 1.36. The zero-order valence-corrected chi connectivity index (χ0v) is 12.6. The van der Waals surface area contributed by atoms with E-state index in [1.165, 1.54) is 6.20 Å². The SMILES string of the molecule is CCn1cc(C(=O)O)c(=O)c2c(C)ccc(OC(C)C)c21. The molecule has 1 N–H and O–H groups in total. The summed E-state index contributed by atoms with van der Waals surface area (Å²) < 4.78 is 7.53. The lowest BCUT2D eigenvalue weighted by atomic mass is 10.1. The van der Waals surface area contributed by atoms with Gasteiger partial charge in [0.2, 0.25) is 5.43 Å². The van der Waals surface area contributed by atoms with E-state index >= 15 is 0 Å². The van der Waals surface area contributed by atoms with Crippen LogP contribution in [0.3, 0.4) is 0 Å². The molecule has 5 nitrogen and oxygen atoms in total. The van der Waals surface area contributed by atoms with Crippen LogP contribution in [0.2, 0.25) is 0 Å². The molecule has 2 rings (SSSR count). The minimum Gasteiger partial charge on any atom is -0.489 e. The average molecular weight is 289 g/mol. The Bertz CT molecular complexity index is 759. The molecule has 0 bridgehead atoms. The van der Waals surface area contributed by atoms with Crippen LogP contribution < -0.4 is 10.2 Å². The molecule has 0 saturated carbocycles. The first kappa shape index (κ1) is 15.1. The molecule has 0 atom stereocenters. The summed E-state index contributed by atoms with van der Waals surface area (Å²) in [5.74, 6) is -0.611. The highest BCUT2D eigenvalue weighted by molar-refractivity contribution is 5.95. The molecule has 2 aromatic rings. The normalized spacial score (nSPS) is 11.1. The van der Waals surface area contributed by atoms with Crippen LogP contribution >= 0.6 is 0 Å². The number of hydrogen-bond donors (Lipinski definition) is 1. The number of benzene rings is 1. The first-order valence-electron chi connectivity index (χ1n) is 6.93. The van der Waals surface area contributed by atoms with Crippen molar-refractivity contribution < 1.29 is 14.6 Å². The standard InChI is InChI=1S/C16H19NO4/c1-5-17-8-11(16(19)20)15(18)13-10(4)6-7-12(14(13)17)21-9(2)3/h6-9H,5H2,1-4H3,(H,19,20). The number of carboxylic acids is 1. The van der Waals surface area contributed by atoms with Gasteiger partial charge in [-0.25, -0.2) is 4.79 Å². The second kappa shape index (κ2) is 5.60. The maximum Gasteiger partial charge on any atom is 0.341 e. The van der Waals surface area contributed by atoms with Crippen LogP contribution in [0.5, 0.6) is 5.75 Å². The molecule has 21 heavy (non-hydrogen) atoms. The summed E-state index contributed by atoms with van der Waals surface area (Å²) in [6, 6.07) is 3.61. The largest absolute Gasteiger partial charge is 0.489 e. The van der Waals surface area contributed by atoms with Crippen molar-refractivity contribution >= 4 is 16.9 Å². The summed E-state index contributed by atoms with van der Waals surface area (Å²) in [5, 5.41) is 9.62. The third-order valence-corrected chi connectivity index (χ3v) is 3.33. The molecule has 0 aliphatic carbocycles. The second-order valence-corrected chi connectivity index (χ2v) is 5.23. The summed E-state index contributed by atoms with van der Waals surface area (Å²) in [6.45, 7) is 8.07. The Morgan fingerprint density at radius 3 is 2.57 bits per heavy atom. The van der Waals surface area contributed by atoms with Crippen LogP contribution in [0.4, 0.5) is 0 Å². The molecule has 0 spiro atoms. The van der Waals surface area contributed by atoms with Crippen LogP contribution in [-0.2, 0) is 6.54 Å². The predicted molar refractivity (Wildman–Crippen MR) is 81.3 cm³/mol. The number of pyridine rings is 1. The summed E-state index contributed by atoms with van der Waals surface area (Å²) in [7, 11) is 0. The van der Waals surface area contributed by atoms with Crippen molar-refractivity contribution in [3.05, 3.63) is 39.7 Å². The smallest absolute Gasteiger partial charge is 0.341 e. The Labute approximate surface area is 122 Å². The molecule has 0 aliphatic heterocycles. The van der Waals surface area contributed by atoms with E-state index in [-0.39, 0.29) is 11.7 Å². The van der Waals surface area contributed by atoms with E-state index in [4.69, 9.17) is 4.74 Å². The highest BCUT2D eigenvalue weighted by Crippen LogP contribution is 2.27. The number of hydrogen-bond acceptors (Lipinski definition) is 3. The first-order chi connectivity index (χ1) is 9.86. The lowest BCUT2D eigenvalue weighted by Crippen LogP contribution is -2.20. The summed E-state index contributed by atoms with van der Waals surface area (Å²) in [5.41, 5.74) is 0.723. The maximum atomic E-state index is 12.4.